The summed E-state index contributed by atoms with van der Waals surface area (Å²) in [4.78, 5) is 11.9. The average Bonchev–Trinajstić information content (AvgIpc) is 3.42. The van der Waals surface area contributed by atoms with Gasteiger partial charge in [0.05, 0.1) is 0 Å². The van der Waals surface area contributed by atoms with Gasteiger partial charge in [-0.1, -0.05) is 41.5 Å². The van der Waals surface area contributed by atoms with Gasteiger partial charge in [0.1, 0.15) is 0 Å². The molecule has 1 spiro atoms. The summed E-state index contributed by atoms with van der Waals surface area (Å²) in [5, 5.41) is 9.02. The Morgan fingerprint density at radius 1 is 0.788 bits per heavy atom. The van der Waals surface area contributed by atoms with Gasteiger partial charge in [-0.2, -0.15) is 9.78 Å². The highest BCUT2D eigenvalue weighted by Crippen LogP contribution is 2.79. The Morgan fingerprint density at radius 2 is 1.39 bits per heavy atom. The van der Waals surface area contributed by atoms with E-state index in [0.717, 1.165) is 23.7 Å². The van der Waals surface area contributed by atoms with E-state index in [1.165, 1.54) is 51.4 Å². The summed E-state index contributed by atoms with van der Waals surface area (Å²) in [6, 6.07) is 0. The molecule has 0 radical (unpaired) electrons. The lowest BCUT2D eigenvalue weighted by atomic mass is 9.33. The first kappa shape index (κ1) is 23.5. The van der Waals surface area contributed by atoms with Gasteiger partial charge in [-0.3, -0.25) is 5.14 Å². The third kappa shape index (κ3) is 2.54. The molecule has 0 amide bonds. The molecule has 10 atom stereocenters. The number of hydrogen-bond donors (Lipinski definition) is 1. The predicted octanol–water partition coefficient (Wildman–Crippen LogP) is 7.32. The largest absolute Gasteiger partial charge is 0.283 e. The number of rotatable bonds is 1. The molecule has 0 aromatic carbocycles. The SMILES string of the molecule is CC(C)[C@H]1CC[C@]2(C)[C@H]3CC[C@@H]4[C@]5(C)C(CC[C@@]4(C)[C@]3(C)CC[C@@H]12)C(C)(C)S(N)=CC51OO1. The van der Waals surface area contributed by atoms with Crippen molar-refractivity contribution in [1.29, 1.82) is 0 Å². The number of hydrogen-bond acceptors (Lipinski definition) is 3. The number of fused-ring (bicyclic) bond motifs is 8. The normalized spacial score (nSPS) is 58.1. The zero-order valence-electron chi connectivity index (χ0n) is 22.5. The fourth-order valence-electron chi connectivity index (χ4n) is 11.7. The molecule has 0 aromatic rings. The van der Waals surface area contributed by atoms with Crippen LogP contribution in [0.4, 0.5) is 0 Å². The molecule has 6 rings (SSSR count). The van der Waals surface area contributed by atoms with Crippen LogP contribution in [0.3, 0.4) is 0 Å². The summed E-state index contributed by atoms with van der Waals surface area (Å²) in [6.45, 7) is 20.5. The lowest BCUT2D eigenvalue weighted by molar-refractivity contribution is -0.235. The van der Waals surface area contributed by atoms with Crippen molar-refractivity contribution < 1.29 is 9.78 Å². The molecular weight excluding hydrogens is 426 g/mol. The molecule has 2 aliphatic heterocycles. The minimum Gasteiger partial charge on any atom is -0.283 e. The van der Waals surface area contributed by atoms with Gasteiger partial charge in [0.2, 0.25) is 0 Å². The van der Waals surface area contributed by atoms with Crippen LogP contribution < -0.4 is 5.14 Å². The van der Waals surface area contributed by atoms with E-state index in [1.807, 2.05) is 0 Å². The predicted molar refractivity (Wildman–Crippen MR) is 138 cm³/mol. The summed E-state index contributed by atoms with van der Waals surface area (Å²) >= 11 is 0. The Balaban J connectivity index is 1.43. The fourth-order valence-corrected chi connectivity index (χ4v) is 13.4. The Labute approximate surface area is 205 Å². The van der Waals surface area contributed by atoms with Gasteiger partial charge in [0.15, 0.2) is 0 Å². The third-order valence-electron chi connectivity index (χ3n) is 13.7. The highest BCUT2D eigenvalue weighted by atomic mass is 32.2. The first-order valence-electron chi connectivity index (χ1n) is 14.0. The fraction of sp³-hybridized carbons (Fsp3) is 0.966. The summed E-state index contributed by atoms with van der Waals surface area (Å²) in [6.07, 6.45) is 11.1. The molecule has 1 saturated heterocycles. The summed E-state index contributed by atoms with van der Waals surface area (Å²) in [5.41, 5.74) is 1.28. The van der Waals surface area contributed by atoms with Crippen molar-refractivity contribution >= 4 is 16.0 Å². The highest BCUT2D eigenvalue weighted by molar-refractivity contribution is 8.14. The minimum absolute atomic E-state index is 0.00818. The zero-order chi connectivity index (χ0) is 23.8. The molecule has 33 heavy (non-hydrogen) atoms. The van der Waals surface area contributed by atoms with E-state index < -0.39 is 5.79 Å². The van der Waals surface area contributed by atoms with Crippen LogP contribution in [0, 0.1) is 57.2 Å². The van der Waals surface area contributed by atoms with E-state index in [9.17, 15) is 0 Å². The van der Waals surface area contributed by atoms with Gasteiger partial charge >= 0.3 is 0 Å². The van der Waals surface area contributed by atoms with E-state index in [1.54, 1.807) is 0 Å². The maximum absolute atomic E-state index is 6.75. The molecule has 0 aromatic heterocycles. The second kappa shape index (κ2) is 6.69. The van der Waals surface area contributed by atoms with Gasteiger partial charge in [-0.15, -0.1) is 10.7 Å². The molecule has 5 fully saturated rings. The van der Waals surface area contributed by atoms with Gasteiger partial charge in [-0.25, -0.2) is 0 Å². The molecule has 4 heteroatoms. The minimum atomic E-state index is -0.544. The Bertz CT molecular complexity index is 894. The van der Waals surface area contributed by atoms with Crippen molar-refractivity contribution in [2.24, 2.45) is 62.3 Å². The van der Waals surface area contributed by atoms with E-state index >= 15 is 0 Å². The van der Waals surface area contributed by atoms with Crippen molar-refractivity contribution in [3.8, 4) is 0 Å². The molecular formula is C29H49NO2S. The monoisotopic (exact) mass is 475 g/mol. The van der Waals surface area contributed by atoms with Crippen LogP contribution in [0.15, 0.2) is 0 Å². The summed E-state index contributed by atoms with van der Waals surface area (Å²) in [5.74, 6) is 4.19. The third-order valence-corrected chi connectivity index (χ3v) is 15.8. The second-order valence-electron chi connectivity index (χ2n) is 14.9. The van der Waals surface area contributed by atoms with Gasteiger partial charge in [0.25, 0.3) is 5.79 Å². The lowest BCUT2D eigenvalue weighted by Crippen LogP contribution is -2.70. The molecule has 0 bridgehead atoms. The standard InChI is InChI=1S/C29H49NO2S/c1-18(2)19-11-14-25(5)20(19)12-15-26(6)22(25)9-10-23-27(26,7)16-13-21-24(3,4)33(30)17-29(31-32-29)28(21,23)8/h17-23H,9-16,30H2,1-8H3/t19-,20+,21?,22-,23+,25+,26-,27-,28+,33?/m1/s1. The quantitative estimate of drug-likeness (QED) is 0.245. The van der Waals surface area contributed by atoms with Crippen LogP contribution in [-0.4, -0.2) is 15.9 Å². The van der Waals surface area contributed by atoms with E-state index in [0.29, 0.717) is 28.1 Å². The van der Waals surface area contributed by atoms with Crippen molar-refractivity contribution in [3.05, 3.63) is 0 Å². The number of nitrogens with two attached hydrogens (primary N) is 1. The highest BCUT2D eigenvalue weighted by Gasteiger charge is 2.78. The first-order chi connectivity index (χ1) is 15.3. The first-order valence-corrected chi connectivity index (χ1v) is 15.3. The molecule has 4 aliphatic carbocycles. The van der Waals surface area contributed by atoms with Gasteiger partial charge < -0.3 is 0 Å². The summed E-state index contributed by atoms with van der Waals surface area (Å²) < 4.78 is 0.105. The van der Waals surface area contributed by atoms with Crippen LogP contribution in [0.5, 0.6) is 0 Å². The van der Waals surface area contributed by atoms with E-state index in [2.05, 4.69) is 60.8 Å². The van der Waals surface area contributed by atoms with Crippen LogP contribution >= 0.6 is 10.7 Å². The Morgan fingerprint density at radius 3 is 2.03 bits per heavy atom. The van der Waals surface area contributed by atoms with Crippen LogP contribution in [-0.2, 0) is 9.78 Å². The maximum Gasteiger partial charge on any atom is 0.264 e. The van der Waals surface area contributed by atoms with Crippen LogP contribution in [0.1, 0.15) is 107 Å². The molecule has 3 nitrogen and oxygen atoms in total. The maximum atomic E-state index is 6.75. The zero-order valence-corrected chi connectivity index (χ0v) is 23.3. The van der Waals surface area contributed by atoms with Crippen molar-refractivity contribution in [3.63, 3.8) is 0 Å². The molecule has 2 unspecified atom stereocenters. The molecule has 2 heterocycles. The smallest absolute Gasteiger partial charge is 0.264 e. The van der Waals surface area contributed by atoms with Crippen molar-refractivity contribution in [1.82, 2.24) is 0 Å². The molecule has 188 valence electrons. The van der Waals surface area contributed by atoms with Gasteiger partial charge in [-0.05, 0) is 117 Å². The second-order valence-corrected chi connectivity index (χ2v) is 16.9. The molecule has 6 aliphatic rings. The Kier molecular flexibility index (Phi) is 4.77. The molecule has 2 N–H and O–H groups in total. The Hall–Kier alpha value is 0.100. The molecule has 4 saturated carbocycles. The average molecular weight is 476 g/mol. The summed E-state index contributed by atoms with van der Waals surface area (Å²) in [7, 11) is -0.290. The topological polar surface area (TPSA) is 51.1 Å². The van der Waals surface area contributed by atoms with Crippen molar-refractivity contribution in [2.45, 2.75) is 117 Å². The van der Waals surface area contributed by atoms with Crippen LogP contribution in [0.25, 0.3) is 0 Å². The van der Waals surface area contributed by atoms with Crippen molar-refractivity contribution in [2.75, 3.05) is 0 Å². The lowest BCUT2D eigenvalue weighted by Gasteiger charge is -2.72. The van der Waals surface area contributed by atoms with Gasteiger partial charge in [0, 0.05) is 15.5 Å². The van der Waals surface area contributed by atoms with Crippen LogP contribution in [0.2, 0.25) is 0 Å². The van der Waals surface area contributed by atoms with E-state index in [4.69, 9.17) is 14.9 Å². The van der Waals surface area contributed by atoms with E-state index in [-0.39, 0.29) is 20.8 Å².